The fourth-order valence-electron chi connectivity index (χ4n) is 3.55. The lowest BCUT2D eigenvalue weighted by Gasteiger charge is -2.26. The minimum atomic E-state index is -0.109. The molecular formula is C28H39N5O2. The van der Waals surface area contributed by atoms with Gasteiger partial charge >= 0.3 is 0 Å². The van der Waals surface area contributed by atoms with E-state index >= 15 is 0 Å². The van der Waals surface area contributed by atoms with Crippen LogP contribution in [0.1, 0.15) is 64.5 Å². The van der Waals surface area contributed by atoms with E-state index < -0.39 is 0 Å². The van der Waals surface area contributed by atoms with Gasteiger partial charge in [-0.2, -0.15) is 0 Å². The van der Waals surface area contributed by atoms with Crippen molar-refractivity contribution in [1.29, 1.82) is 0 Å². The van der Waals surface area contributed by atoms with E-state index in [9.17, 15) is 4.79 Å². The van der Waals surface area contributed by atoms with Crippen molar-refractivity contribution in [3.63, 3.8) is 0 Å². The van der Waals surface area contributed by atoms with Gasteiger partial charge in [0.25, 0.3) is 0 Å². The number of carbonyl (C=O) groups is 1. The topological polar surface area (TPSA) is 106 Å². The monoisotopic (exact) mass is 477 g/mol. The molecule has 0 unspecified atom stereocenters. The van der Waals surface area contributed by atoms with Gasteiger partial charge in [-0.15, -0.1) is 0 Å². The summed E-state index contributed by atoms with van der Waals surface area (Å²) >= 11 is 0. The number of nitrogens with one attached hydrogen (secondary N) is 1. The Morgan fingerprint density at radius 3 is 2.46 bits per heavy atom. The zero-order chi connectivity index (χ0) is 25.6. The highest BCUT2D eigenvalue weighted by atomic mass is 16.5. The van der Waals surface area contributed by atoms with Gasteiger partial charge in [-0.05, 0) is 36.2 Å². The second-order valence-electron chi connectivity index (χ2n) is 8.32. The van der Waals surface area contributed by atoms with Crippen molar-refractivity contribution in [3.05, 3.63) is 77.8 Å². The predicted molar refractivity (Wildman–Crippen MR) is 146 cm³/mol. The number of benzene rings is 2. The van der Waals surface area contributed by atoms with Gasteiger partial charge in [-0.3, -0.25) is 4.79 Å². The van der Waals surface area contributed by atoms with Crippen LogP contribution in [0.4, 0.5) is 5.69 Å². The molecule has 1 amide bonds. The zero-order valence-electron chi connectivity index (χ0n) is 21.4. The molecule has 0 fully saturated rings. The summed E-state index contributed by atoms with van der Waals surface area (Å²) < 4.78 is 5.95. The fraction of sp³-hybridized carbons (Fsp3) is 0.357. The van der Waals surface area contributed by atoms with Crippen molar-refractivity contribution in [2.24, 2.45) is 16.5 Å². The number of nitrogens with zero attached hydrogens (tertiary/aromatic N) is 2. The molecule has 2 aromatic carbocycles. The third kappa shape index (κ3) is 8.85. The van der Waals surface area contributed by atoms with Gasteiger partial charge < -0.3 is 26.4 Å². The van der Waals surface area contributed by atoms with Gasteiger partial charge in [0.1, 0.15) is 23.9 Å². The van der Waals surface area contributed by atoms with Gasteiger partial charge in [0.2, 0.25) is 5.91 Å². The number of rotatable bonds is 9. The first-order valence-electron chi connectivity index (χ1n) is 12.3. The maximum atomic E-state index is 11.2. The average molecular weight is 478 g/mol. The lowest BCUT2D eigenvalue weighted by atomic mass is 10.1. The molecule has 188 valence electrons. The largest absolute Gasteiger partial charge is 0.489 e. The Labute approximate surface area is 209 Å². The Bertz CT molecular complexity index is 1060. The number of ether oxygens (including phenoxy) is 1. The second kappa shape index (κ2) is 14.5. The van der Waals surface area contributed by atoms with E-state index in [0.717, 1.165) is 29.8 Å². The van der Waals surface area contributed by atoms with Crippen LogP contribution in [-0.4, -0.2) is 23.2 Å². The van der Waals surface area contributed by atoms with Gasteiger partial charge in [-0.25, -0.2) is 4.99 Å². The van der Waals surface area contributed by atoms with Crippen LogP contribution in [0.25, 0.3) is 5.70 Å². The lowest BCUT2D eigenvalue weighted by Crippen LogP contribution is -2.33. The van der Waals surface area contributed by atoms with E-state index in [1.54, 1.807) is 6.20 Å². The molecule has 2 aromatic rings. The first-order chi connectivity index (χ1) is 16.9. The molecule has 0 atom stereocenters. The van der Waals surface area contributed by atoms with Crippen molar-refractivity contribution in [3.8, 4) is 5.75 Å². The minimum Gasteiger partial charge on any atom is -0.489 e. The Morgan fingerprint density at radius 2 is 1.80 bits per heavy atom. The lowest BCUT2D eigenvalue weighted by molar-refractivity contribution is -0.114. The summed E-state index contributed by atoms with van der Waals surface area (Å²) in [5, 5.41) is 2.77. The minimum absolute atomic E-state index is 0.109. The SMILES string of the molecule is CCCCC.CCCN1C=CN=C(N)/C1=C(/N)c1cccc(OCc2cccc(NC(C)=O)c2)c1. The van der Waals surface area contributed by atoms with E-state index in [1.165, 1.54) is 26.2 Å². The van der Waals surface area contributed by atoms with E-state index in [4.69, 9.17) is 16.2 Å². The first kappa shape index (κ1) is 27.5. The summed E-state index contributed by atoms with van der Waals surface area (Å²) in [4.78, 5) is 17.4. The van der Waals surface area contributed by atoms with Crippen molar-refractivity contribution >= 4 is 23.1 Å². The summed E-state index contributed by atoms with van der Waals surface area (Å²) in [6.45, 7) is 9.16. The van der Waals surface area contributed by atoms with Crippen molar-refractivity contribution < 1.29 is 9.53 Å². The maximum Gasteiger partial charge on any atom is 0.221 e. The summed E-state index contributed by atoms with van der Waals surface area (Å²) in [5.74, 6) is 0.969. The van der Waals surface area contributed by atoms with Gasteiger partial charge in [0, 0.05) is 37.1 Å². The Hall–Kier alpha value is -3.74. The molecule has 3 rings (SSSR count). The molecule has 35 heavy (non-hydrogen) atoms. The first-order valence-corrected chi connectivity index (χ1v) is 12.3. The molecule has 7 nitrogen and oxygen atoms in total. The standard InChI is InChI=1S/C23H27N5O2.C5H12/c1-3-11-28-12-10-26-23(25)22(28)21(24)18-7-5-9-20(14-18)30-15-17-6-4-8-19(13-17)27-16(2)29;1-3-5-4-2/h4-10,12-14H,3,11,15,24H2,1-2H3,(H2,25,26)(H,27,29);3-5H2,1-2H3/b22-21-;. The number of amides is 1. The molecule has 7 heteroatoms. The molecular weight excluding hydrogens is 438 g/mol. The third-order valence-electron chi connectivity index (χ3n) is 5.21. The van der Waals surface area contributed by atoms with E-state index in [1.807, 2.05) is 59.6 Å². The van der Waals surface area contributed by atoms with Crippen molar-refractivity contribution in [1.82, 2.24) is 4.90 Å². The second-order valence-corrected chi connectivity index (χ2v) is 8.32. The van der Waals surface area contributed by atoms with Crippen LogP contribution < -0.4 is 21.5 Å². The molecule has 0 radical (unpaired) electrons. The number of unbranched alkanes of at least 4 members (excludes halogenated alkanes) is 2. The van der Waals surface area contributed by atoms with Crippen LogP contribution in [0.2, 0.25) is 0 Å². The highest BCUT2D eigenvalue weighted by Crippen LogP contribution is 2.24. The molecule has 1 aliphatic rings. The number of nitrogens with two attached hydrogens (primary N) is 2. The van der Waals surface area contributed by atoms with Crippen molar-refractivity contribution in [2.45, 2.75) is 60.0 Å². The predicted octanol–water partition coefficient (Wildman–Crippen LogP) is 5.60. The summed E-state index contributed by atoms with van der Waals surface area (Å²) in [6.07, 6.45) is 8.59. The molecule has 0 saturated carbocycles. The van der Waals surface area contributed by atoms with Crippen LogP contribution in [0.3, 0.4) is 0 Å². The quantitative estimate of drug-likeness (QED) is 0.436. The number of amidine groups is 1. The van der Waals surface area contributed by atoms with Crippen LogP contribution in [0, 0.1) is 0 Å². The number of hydrogen-bond donors (Lipinski definition) is 3. The number of carbonyl (C=O) groups excluding carboxylic acids is 1. The highest BCUT2D eigenvalue weighted by Gasteiger charge is 2.18. The fourth-order valence-corrected chi connectivity index (χ4v) is 3.55. The molecule has 0 aliphatic carbocycles. The zero-order valence-corrected chi connectivity index (χ0v) is 21.4. The number of aliphatic imine (C=N–C) groups is 1. The van der Waals surface area contributed by atoms with E-state index in [2.05, 4.69) is 31.1 Å². The third-order valence-corrected chi connectivity index (χ3v) is 5.21. The number of anilines is 1. The molecule has 1 aliphatic heterocycles. The normalized spacial score (nSPS) is 13.9. The molecule has 0 bridgehead atoms. The van der Waals surface area contributed by atoms with E-state index in [0.29, 0.717) is 29.6 Å². The highest BCUT2D eigenvalue weighted by molar-refractivity contribution is 6.03. The Morgan fingerprint density at radius 1 is 1.06 bits per heavy atom. The number of hydrogen-bond acceptors (Lipinski definition) is 6. The molecule has 1 heterocycles. The summed E-state index contributed by atoms with van der Waals surface area (Å²) in [6, 6.07) is 15.1. The van der Waals surface area contributed by atoms with Crippen LogP contribution in [0.15, 0.2) is 71.6 Å². The molecule has 0 saturated heterocycles. The van der Waals surface area contributed by atoms with Gasteiger partial charge in [0.05, 0.1) is 5.70 Å². The summed E-state index contributed by atoms with van der Waals surface area (Å²) in [7, 11) is 0. The van der Waals surface area contributed by atoms with Gasteiger partial charge in [0.15, 0.2) is 0 Å². The molecule has 0 spiro atoms. The smallest absolute Gasteiger partial charge is 0.221 e. The van der Waals surface area contributed by atoms with Gasteiger partial charge in [-0.1, -0.05) is 64.3 Å². The van der Waals surface area contributed by atoms with Crippen LogP contribution >= 0.6 is 0 Å². The van der Waals surface area contributed by atoms with Crippen LogP contribution in [0.5, 0.6) is 5.75 Å². The maximum absolute atomic E-state index is 11.2. The summed E-state index contributed by atoms with van der Waals surface area (Å²) in [5.41, 5.74) is 16.3. The Balaban J connectivity index is 0.000000784. The molecule has 5 N–H and O–H groups in total. The van der Waals surface area contributed by atoms with Crippen molar-refractivity contribution in [2.75, 3.05) is 11.9 Å². The van der Waals surface area contributed by atoms with E-state index in [-0.39, 0.29) is 5.91 Å². The Kier molecular flexibility index (Phi) is 11.4. The average Bonchev–Trinajstić information content (AvgIpc) is 2.84. The molecule has 0 aromatic heterocycles. The van der Waals surface area contributed by atoms with Crippen LogP contribution in [-0.2, 0) is 11.4 Å².